The van der Waals surface area contributed by atoms with Crippen LogP contribution < -0.4 is 0 Å². The average molecular weight is 221 g/mol. The molecule has 2 rings (SSSR count). The van der Waals surface area contributed by atoms with Crippen LogP contribution in [0.5, 0.6) is 0 Å². The van der Waals surface area contributed by atoms with Gasteiger partial charge < -0.3 is 4.90 Å². The van der Waals surface area contributed by atoms with Crippen LogP contribution in [-0.2, 0) is 0 Å². The Balaban J connectivity index is 2.38. The minimum Gasteiger partial charge on any atom is -0.373 e. The first-order chi connectivity index (χ1) is 6.88. The average Bonchev–Trinajstić information content (AvgIpc) is 2.60. The molecule has 0 aromatic carbocycles. The van der Waals surface area contributed by atoms with Crippen molar-refractivity contribution in [3.63, 3.8) is 0 Å². The van der Waals surface area contributed by atoms with E-state index in [2.05, 4.69) is 52.7 Å². The topological polar surface area (TPSA) is 3.24 Å². The maximum atomic E-state index is 4.48. The number of fused-ring (bicyclic) bond motifs is 1. The summed E-state index contributed by atoms with van der Waals surface area (Å²) in [5.74, 6) is 1.31. The Hall–Kier alpha value is -0.305. The van der Waals surface area contributed by atoms with Crippen molar-refractivity contribution in [1.82, 2.24) is 4.90 Å². The number of hydrogen-bond donors (Lipinski definition) is 1. The summed E-state index contributed by atoms with van der Waals surface area (Å²) in [6, 6.07) is 0. The van der Waals surface area contributed by atoms with Gasteiger partial charge in [0.25, 0.3) is 0 Å². The predicted octanol–water partition coefficient (Wildman–Crippen LogP) is 2.02. The molecule has 0 aliphatic carbocycles. The molecule has 0 radical (unpaired) electrons. The third-order valence-corrected chi connectivity index (χ3v) is 4.97. The second-order valence-electron chi connectivity index (χ2n) is 5.38. The van der Waals surface area contributed by atoms with Gasteiger partial charge in [-0.3, -0.25) is 0 Å². The molecule has 15 heavy (non-hydrogen) atoms. The monoisotopic (exact) mass is 221 g/mol. The largest absolute Gasteiger partial charge is 0.373 e. The summed E-state index contributed by atoms with van der Waals surface area (Å²) in [7, 11) is 2.37. The summed E-state index contributed by atoms with van der Waals surface area (Å²) >= 11 is 4.48. The van der Waals surface area contributed by atoms with E-state index in [0.717, 1.165) is 13.0 Å². The van der Waals surface area contributed by atoms with E-state index < -0.39 is 0 Å². The molecule has 2 saturated heterocycles. The van der Waals surface area contributed by atoms with Crippen LogP contribution in [0.2, 0.25) is 0 Å². The van der Waals surface area contributed by atoms with Crippen molar-refractivity contribution in [3.8, 4) is 0 Å². The molecule has 0 saturated carbocycles. The third-order valence-electron chi connectivity index (χ3n) is 4.65. The highest BCUT2D eigenvalue weighted by Crippen LogP contribution is 2.50. The molecule has 0 amide bonds. The van der Waals surface area contributed by atoms with Gasteiger partial charge in [0.2, 0.25) is 0 Å². The van der Waals surface area contributed by atoms with Gasteiger partial charge in [-0.1, -0.05) is 20.4 Å². The highest BCUT2D eigenvalue weighted by atomic mass is 32.1. The molecule has 2 fully saturated rings. The van der Waals surface area contributed by atoms with Gasteiger partial charge in [-0.15, -0.1) is 12.6 Å². The number of allylic oxidation sites excluding steroid dienone is 2. The summed E-state index contributed by atoms with van der Waals surface area (Å²) in [5, 5.41) is 0. The van der Waals surface area contributed by atoms with Crippen molar-refractivity contribution in [2.75, 3.05) is 6.54 Å². The lowest BCUT2D eigenvalue weighted by Gasteiger charge is -2.32. The van der Waals surface area contributed by atoms with Gasteiger partial charge in [0.15, 0.2) is 0 Å². The molecule has 0 N–H and O–H groups in total. The van der Waals surface area contributed by atoms with Crippen LogP contribution in [0.15, 0.2) is 22.8 Å². The second kappa shape index (κ2) is 3.34. The van der Waals surface area contributed by atoms with Crippen molar-refractivity contribution in [1.29, 1.82) is 0 Å². The fourth-order valence-corrected chi connectivity index (χ4v) is 3.26. The first-order valence-electron chi connectivity index (χ1n) is 5.72. The Labute approximate surface area is 99.4 Å². The van der Waals surface area contributed by atoms with Crippen LogP contribution in [0, 0.1) is 11.8 Å². The maximum absolute atomic E-state index is 4.48. The van der Waals surface area contributed by atoms with Gasteiger partial charge in [0, 0.05) is 17.7 Å². The third kappa shape index (κ3) is 1.39. The normalized spacial score (nSPS) is 43.5. The fourth-order valence-electron chi connectivity index (χ4n) is 3.11. The van der Waals surface area contributed by atoms with Gasteiger partial charge in [-0.2, -0.15) is 0 Å². The van der Waals surface area contributed by atoms with E-state index in [1.807, 2.05) is 0 Å². The number of thiol groups is 1. The predicted molar refractivity (Wildman–Crippen MR) is 71.8 cm³/mol. The van der Waals surface area contributed by atoms with Gasteiger partial charge in [-0.05, 0) is 35.7 Å². The van der Waals surface area contributed by atoms with Crippen molar-refractivity contribution < 1.29 is 0 Å². The van der Waals surface area contributed by atoms with E-state index in [4.69, 9.17) is 0 Å². The molecule has 3 heteroatoms. The molecule has 3 unspecified atom stereocenters. The lowest BCUT2D eigenvalue weighted by Crippen LogP contribution is -2.42. The number of nitrogens with zero attached hydrogens (tertiary/aromatic N) is 1. The van der Waals surface area contributed by atoms with Crippen molar-refractivity contribution in [2.24, 2.45) is 11.8 Å². The highest BCUT2D eigenvalue weighted by molar-refractivity contribution is 7.84. The Kier molecular flexibility index (Phi) is 2.49. The van der Waals surface area contributed by atoms with Crippen molar-refractivity contribution >= 4 is 20.5 Å². The van der Waals surface area contributed by atoms with Gasteiger partial charge >= 0.3 is 0 Å². The minimum absolute atomic E-state index is 0.288. The maximum Gasteiger partial charge on any atom is 0.135 e. The van der Waals surface area contributed by atoms with E-state index in [9.17, 15) is 0 Å². The number of rotatable bonds is 0. The van der Waals surface area contributed by atoms with Crippen molar-refractivity contribution in [2.45, 2.75) is 32.6 Å². The summed E-state index contributed by atoms with van der Waals surface area (Å²) in [5.41, 5.74) is 3.09. The molecule has 0 bridgehead atoms. The molecule has 2 aliphatic heterocycles. The fraction of sp³-hybridized carbons (Fsp3) is 0.667. The molecule has 2 heterocycles. The smallest absolute Gasteiger partial charge is 0.135 e. The van der Waals surface area contributed by atoms with E-state index >= 15 is 0 Å². The molecule has 2 aliphatic rings. The quantitative estimate of drug-likeness (QED) is 0.484. The van der Waals surface area contributed by atoms with E-state index in [1.54, 1.807) is 0 Å². The van der Waals surface area contributed by atoms with Crippen LogP contribution >= 0.6 is 12.6 Å². The van der Waals surface area contributed by atoms with Crippen molar-refractivity contribution in [3.05, 3.63) is 22.8 Å². The molecule has 0 spiro atoms. The van der Waals surface area contributed by atoms with Gasteiger partial charge in [0.05, 0.1) is 0 Å². The Morgan fingerprint density at radius 3 is 2.67 bits per heavy atom. The number of hydrogen-bond acceptors (Lipinski definition) is 2. The van der Waals surface area contributed by atoms with Gasteiger partial charge in [0.1, 0.15) is 7.85 Å². The molecular weight excluding hydrogens is 201 g/mol. The Morgan fingerprint density at radius 1 is 1.60 bits per heavy atom. The lowest BCUT2D eigenvalue weighted by atomic mass is 9.66. The summed E-state index contributed by atoms with van der Waals surface area (Å²) < 4.78 is 0. The zero-order chi connectivity index (χ0) is 11.4. The summed E-state index contributed by atoms with van der Waals surface area (Å²) in [4.78, 5) is 3.69. The standard InChI is InChI=1S/C12H20BNS/c1-7-8(2)12(13)5-11(10(4)15)6-14(12)9(7)3/h7-8,15H,3,5-6,13H2,1-2,4H3/b11-10+. The van der Waals surface area contributed by atoms with E-state index in [-0.39, 0.29) is 5.44 Å². The van der Waals surface area contributed by atoms with Crippen LogP contribution in [0.4, 0.5) is 0 Å². The van der Waals surface area contributed by atoms with Crippen LogP contribution in [-0.4, -0.2) is 24.7 Å². The second-order valence-corrected chi connectivity index (χ2v) is 6.05. The zero-order valence-corrected chi connectivity index (χ0v) is 11.1. The van der Waals surface area contributed by atoms with Crippen LogP contribution in [0.1, 0.15) is 27.2 Å². The van der Waals surface area contributed by atoms with Gasteiger partial charge in [-0.25, -0.2) is 0 Å². The summed E-state index contributed by atoms with van der Waals surface area (Å²) in [6.45, 7) is 12.0. The SMILES string of the molecule is BC12C/C(=C(/C)S)CN1C(=C)C(C)C2C. The lowest BCUT2D eigenvalue weighted by molar-refractivity contribution is 0.272. The highest BCUT2D eigenvalue weighted by Gasteiger charge is 2.51. The summed E-state index contributed by atoms with van der Waals surface area (Å²) in [6.07, 6.45) is 1.16. The molecular formula is C12H20BNS. The zero-order valence-electron chi connectivity index (χ0n) is 10.2. The van der Waals surface area contributed by atoms with E-state index in [0.29, 0.717) is 11.8 Å². The minimum atomic E-state index is 0.288. The van der Waals surface area contributed by atoms with Crippen LogP contribution in [0.3, 0.4) is 0 Å². The Morgan fingerprint density at radius 2 is 2.20 bits per heavy atom. The molecule has 3 atom stereocenters. The first kappa shape index (κ1) is 11.2. The Bertz CT molecular complexity index is 346. The van der Waals surface area contributed by atoms with E-state index in [1.165, 1.54) is 16.2 Å². The first-order valence-corrected chi connectivity index (χ1v) is 6.16. The molecule has 82 valence electrons. The molecule has 0 aromatic rings. The van der Waals surface area contributed by atoms with Crippen LogP contribution in [0.25, 0.3) is 0 Å². The molecule has 0 aromatic heterocycles. The molecule has 1 nitrogen and oxygen atoms in total.